The zero-order valence-corrected chi connectivity index (χ0v) is 15.0. The van der Waals surface area contributed by atoms with Crippen LogP contribution in [0.4, 0.5) is 0 Å². The molecule has 2 N–H and O–H groups in total. The average molecular weight is 361 g/mol. The summed E-state index contributed by atoms with van der Waals surface area (Å²) in [7, 11) is -5.90. The molecule has 0 aliphatic carbocycles. The molecule has 0 radical (unpaired) electrons. The zero-order chi connectivity index (χ0) is 17.1. The lowest BCUT2D eigenvalue weighted by molar-refractivity contribution is 0.335. The van der Waals surface area contributed by atoms with Gasteiger partial charge in [-0.05, 0) is 50.7 Å². The Labute approximate surface area is 138 Å². The van der Waals surface area contributed by atoms with E-state index in [4.69, 9.17) is 0 Å². The Hall–Kier alpha value is -1.00. The molecule has 1 atom stereocenters. The first-order valence-corrected chi connectivity index (χ1v) is 10.5. The van der Waals surface area contributed by atoms with Crippen LogP contribution in [0.1, 0.15) is 19.8 Å². The Morgan fingerprint density at radius 1 is 1.17 bits per heavy atom. The van der Waals surface area contributed by atoms with Crippen molar-refractivity contribution in [2.45, 2.75) is 35.6 Å². The fraction of sp³-hybridized carbons (Fsp3) is 0.571. The molecule has 7 nitrogen and oxygen atoms in total. The van der Waals surface area contributed by atoms with Gasteiger partial charge in [-0.15, -0.1) is 0 Å². The van der Waals surface area contributed by atoms with Crippen molar-refractivity contribution in [3.8, 4) is 0 Å². The number of sulfonamides is 2. The van der Waals surface area contributed by atoms with Gasteiger partial charge in [0.05, 0.1) is 9.79 Å². The summed E-state index contributed by atoms with van der Waals surface area (Å²) in [5.41, 5.74) is 0. The molecule has 23 heavy (non-hydrogen) atoms. The van der Waals surface area contributed by atoms with Crippen LogP contribution in [0.25, 0.3) is 0 Å². The highest BCUT2D eigenvalue weighted by Gasteiger charge is 2.32. The van der Waals surface area contributed by atoms with E-state index in [1.54, 1.807) is 0 Å². The highest BCUT2D eigenvalue weighted by Crippen LogP contribution is 2.22. The first-order chi connectivity index (χ1) is 10.8. The van der Waals surface area contributed by atoms with Gasteiger partial charge in [0.15, 0.2) is 0 Å². The summed E-state index contributed by atoms with van der Waals surface area (Å²) in [6, 6.07) is 5.28. The molecule has 130 valence electrons. The SMILES string of the molecule is CCCN(C1CCNC1)S(=O)(=O)c1ccc(S(=O)(=O)NC)cc1. The zero-order valence-electron chi connectivity index (χ0n) is 13.3. The molecule has 1 saturated heterocycles. The summed E-state index contributed by atoms with van der Waals surface area (Å²) in [5.74, 6) is 0. The van der Waals surface area contributed by atoms with E-state index in [1.165, 1.54) is 35.6 Å². The summed E-state index contributed by atoms with van der Waals surface area (Å²) in [6.07, 6.45) is 1.51. The number of nitrogens with zero attached hydrogens (tertiary/aromatic N) is 1. The summed E-state index contributed by atoms with van der Waals surface area (Å²) >= 11 is 0. The number of hydrogen-bond acceptors (Lipinski definition) is 5. The van der Waals surface area contributed by atoms with Crippen LogP contribution in [0.2, 0.25) is 0 Å². The van der Waals surface area contributed by atoms with E-state index < -0.39 is 20.0 Å². The Kier molecular flexibility index (Phi) is 5.79. The van der Waals surface area contributed by atoms with Crippen molar-refractivity contribution < 1.29 is 16.8 Å². The van der Waals surface area contributed by atoms with Crippen molar-refractivity contribution in [2.24, 2.45) is 0 Å². The highest BCUT2D eigenvalue weighted by atomic mass is 32.2. The van der Waals surface area contributed by atoms with Crippen LogP contribution >= 0.6 is 0 Å². The first-order valence-electron chi connectivity index (χ1n) is 7.59. The Balaban J connectivity index is 2.33. The average Bonchev–Trinajstić information content (AvgIpc) is 3.06. The molecular weight excluding hydrogens is 338 g/mol. The molecule has 1 aliphatic heterocycles. The van der Waals surface area contributed by atoms with E-state index in [0.717, 1.165) is 19.4 Å². The van der Waals surface area contributed by atoms with Gasteiger partial charge in [-0.1, -0.05) is 6.92 Å². The topological polar surface area (TPSA) is 95.6 Å². The second-order valence-electron chi connectivity index (χ2n) is 5.44. The maximum absolute atomic E-state index is 12.9. The van der Waals surface area contributed by atoms with Crippen LogP contribution in [0.3, 0.4) is 0 Å². The minimum absolute atomic E-state index is 0.0449. The fourth-order valence-electron chi connectivity index (χ4n) is 2.65. The monoisotopic (exact) mass is 361 g/mol. The predicted molar refractivity (Wildman–Crippen MR) is 88.1 cm³/mol. The maximum atomic E-state index is 12.9. The molecule has 1 fully saturated rings. The van der Waals surface area contributed by atoms with Gasteiger partial charge in [-0.3, -0.25) is 0 Å². The van der Waals surface area contributed by atoms with Gasteiger partial charge in [0.2, 0.25) is 20.0 Å². The third kappa shape index (κ3) is 3.92. The van der Waals surface area contributed by atoms with Gasteiger partial charge in [-0.25, -0.2) is 21.6 Å². The van der Waals surface area contributed by atoms with E-state index in [1.807, 2.05) is 6.92 Å². The minimum atomic E-state index is -3.64. The molecule has 9 heteroatoms. The van der Waals surface area contributed by atoms with E-state index >= 15 is 0 Å². The molecule has 0 aromatic heterocycles. The molecule has 1 aromatic carbocycles. The second kappa shape index (κ2) is 7.27. The Morgan fingerprint density at radius 3 is 2.26 bits per heavy atom. The number of hydrogen-bond donors (Lipinski definition) is 2. The van der Waals surface area contributed by atoms with Gasteiger partial charge in [0.1, 0.15) is 0 Å². The van der Waals surface area contributed by atoms with E-state index in [-0.39, 0.29) is 15.8 Å². The summed E-state index contributed by atoms with van der Waals surface area (Å²) in [6.45, 7) is 3.84. The third-order valence-electron chi connectivity index (χ3n) is 3.89. The lowest BCUT2D eigenvalue weighted by Gasteiger charge is -2.27. The van der Waals surface area contributed by atoms with Crippen LogP contribution in [0.5, 0.6) is 0 Å². The number of benzene rings is 1. The standard InChI is InChI=1S/C14H23N3O4S2/c1-3-10-17(12-8-9-16-11-12)23(20,21)14-6-4-13(5-7-14)22(18,19)15-2/h4-7,12,15-16H,3,8-11H2,1-2H3. The smallest absolute Gasteiger partial charge is 0.243 e. The third-order valence-corrected chi connectivity index (χ3v) is 7.29. The summed E-state index contributed by atoms with van der Waals surface area (Å²) < 4.78 is 52.9. The van der Waals surface area contributed by atoms with Crippen molar-refractivity contribution in [2.75, 3.05) is 26.7 Å². The molecule has 0 saturated carbocycles. The molecule has 1 aliphatic rings. The van der Waals surface area contributed by atoms with Gasteiger partial charge >= 0.3 is 0 Å². The van der Waals surface area contributed by atoms with Gasteiger partial charge < -0.3 is 5.32 Å². The molecule has 2 rings (SSSR count). The highest BCUT2D eigenvalue weighted by molar-refractivity contribution is 7.89. The second-order valence-corrected chi connectivity index (χ2v) is 9.22. The van der Waals surface area contributed by atoms with Crippen molar-refractivity contribution in [3.05, 3.63) is 24.3 Å². The van der Waals surface area contributed by atoms with Crippen LogP contribution < -0.4 is 10.0 Å². The lowest BCUT2D eigenvalue weighted by Crippen LogP contribution is -2.42. The van der Waals surface area contributed by atoms with Gasteiger partial charge in [0.25, 0.3) is 0 Å². The summed E-state index contributed by atoms with van der Waals surface area (Å²) in [4.78, 5) is 0.163. The molecule has 1 heterocycles. The molecule has 0 spiro atoms. The fourth-order valence-corrected chi connectivity index (χ4v) is 5.12. The van der Waals surface area contributed by atoms with E-state index in [9.17, 15) is 16.8 Å². The Bertz CT molecular complexity index is 724. The van der Waals surface area contributed by atoms with Crippen LogP contribution in [0, 0.1) is 0 Å². The molecular formula is C14H23N3O4S2. The van der Waals surface area contributed by atoms with Crippen LogP contribution in [0.15, 0.2) is 34.1 Å². The molecule has 0 bridgehead atoms. The largest absolute Gasteiger partial charge is 0.315 e. The number of rotatable bonds is 7. The summed E-state index contributed by atoms with van der Waals surface area (Å²) in [5, 5.41) is 3.18. The maximum Gasteiger partial charge on any atom is 0.243 e. The number of nitrogens with one attached hydrogen (secondary N) is 2. The first kappa shape index (κ1) is 18.3. The lowest BCUT2D eigenvalue weighted by atomic mass is 10.2. The van der Waals surface area contributed by atoms with Gasteiger partial charge in [-0.2, -0.15) is 4.31 Å². The quantitative estimate of drug-likeness (QED) is 0.731. The van der Waals surface area contributed by atoms with Crippen molar-refractivity contribution in [3.63, 3.8) is 0 Å². The molecule has 1 aromatic rings. The van der Waals surface area contributed by atoms with E-state index in [2.05, 4.69) is 10.0 Å². The van der Waals surface area contributed by atoms with E-state index in [0.29, 0.717) is 13.1 Å². The Morgan fingerprint density at radius 2 is 1.78 bits per heavy atom. The van der Waals surface area contributed by atoms with Crippen molar-refractivity contribution in [1.29, 1.82) is 0 Å². The van der Waals surface area contributed by atoms with Crippen LogP contribution in [-0.2, 0) is 20.0 Å². The van der Waals surface area contributed by atoms with Crippen LogP contribution in [-0.4, -0.2) is 53.9 Å². The van der Waals surface area contributed by atoms with Gasteiger partial charge in [0, 0.05) is 19.1 Å². The predicted octanol–water partition coefficient (Wildman–Crippen LogP) is 0.357. The minimum Gasteiger partial charge on any atom is -0.315 e. The van der Waals surface area contributed by atoms with Crippen molar-refractivity contribution in [1.82, 2.24) is 14.3 Å². The normalized spacial score (nSPS) is 19.3. The molecule has 1 unspecified atom stereocenters. The van der Waals surface area contributed by atoms with Crippen molar-refractivity contribution >= 4 is 20.0 Å². The molecule has 0 amide bonds.